The standard InChI is InChI=1S/C11H10N2O4/c1-6(4-9(14)15)13-10(16)7-2-3-12-5-8(7)11(13)17/h2-3,5-6H,4H2,1H3,(H,14,15). The monoisotopic (exact) mass is 234 g/mol. The second-order valence-corrected chi connectivity index (χ2v) is 3.85. The van der Waals surface area contributed by atoms with E-state index in [1.807, 2.05) is 0 Å². The van der Waals surface area contributed by atoms with Crippen molar-refractivity contribution in [1.29, 1.82) is 0 Å². The second kappa shape index (κ2) is 3.97. The summed E-state index contributed by atoms with van der Waals surface area (Å²) in [4.78, 5) is 39.2. The molecule has 6 heteroatoms. The SMILES string of the molecule is CC(CC(=O)O)N1C(=O)c2ccncc2C1=O. The average molecular weight is 234 g/mol. The van der Waals surface area contributed by atoms with E-state index in [4.69, 9.17) is 5.11 Å². The van der Waals surface area contributed by atoms with E-state index >= 15 is 0 Å². The first kappa shape index (κ1) is 11.3. The fraction of sp³-hybridized carbons (Fsp3) is 0.273. The third-order valence-corrected chi connectivity index (χ3v) is 2.63. The number of fused-ring (bicyclic) bond motifs is 1. The largest absolute Gasteiger partial charge is 0.481 e. The maximum absolute atomic E-state index is 11.9. The summed E-state index contributed by atoms with van der Waals surface area (Å²) in [5.74, 6) is -1.99. The lowest BCUT2D eigenvalue weighted by atomic mass is 10.2. The Morgan fingerprint density at radius 3 is 2.65 bits per heavy atom. The van der Waals surface area contributed by atoms with E-state index in [0.29, 0.717) is 0 Å². The summed E-state index contributed by atoms with van der Waals surface area (Å²) in [5.41, 5.74) is 0.511. The summed E-state index contributed by atoms with van der Waals surface area (Å²) in [7, 11) is 0. The Labute approximate surface area is 96.9 Å². The predicted octanol–water partition coefficient (Wildman–Crippen LogP) is 0.541. The number of rotatable bonds is 3. The molecule has 2 rings (SSSR count). The van der Waals surface area contributed by atoms with Gasteiger partial charge in [0.25, 0.3) is 11.8 Å². The van der Waals surface area contributed by atoms with Gasteiger partial charge in [-0.25, -0.2) is 0 Å². The van der Waals surface area contributed by atoms with E-state index in [9.17, 15) is 14.4 Å². The van der Waals surface area contributed by atoms with Crippen LogP contribution < -0.4 is 0 Å². The molecule has 6 nitrogen and oxygen atoms in total. The molecule has 88 valence electrons. The Morgan fingerprint density at radius 2 is 2.06 bits per heavy atom. The number of carbonyl (C=O) groups is 3. The molecule has 1 aliphatic heterocycles. The van der Waals surface area contributed by atoms with E-state index in [-0.39, 0.29) is 17.5 Å². The molecule has 1 unspecified atom stereocenters. The van der Waals surface area contributed by atoms with Gasteiger partial charge in [0.2, 0.25) is 0 Å². The molecule has 0 bridgehead atoms. The number of carbonyl (C=O) groups excluding carboxylic acids is 2. The molecule has 0 saturated carbocycles. The van der Waals surface area contributed by atoms with Crippen molar-refractivity contribution in [2.45, 2.75) is 19.4 Å². The first-order chi connectivity index (χ1) is 8.02. The zero-order chi connectivity index (χ0) is 12.6. The minimum atomic E-state index is -1.05. The highest BCUT2D eigenvalue weighted by atomic mass is 16.4. The van der Waals surface area contributed by atoms with Crippen LogP contribution in [-0.4, -0.2) is 38.8 Å². The number of carboxylic acids is 1. The molecule has 0 spiro atoms. The van der Waals surface area contributed by atoms with Gasteiger partial charge in [0.15, 0.2) is 0 Å². The molecular weight excluding hydrogens is 224 g/mol. The van der Waals surface area contributed by atoms with Crippen LogP contribution in [-0.2, 0) is 4.79 Å². The smallest absolute Gasteiger partial charge is 0.305 e. The number of pyridine rings is 1. The fourth-order valence-electron chi connectivity index (χ4n) is 1.85. The van der Waals surface area contributed by atoms with Crippen LogP contribution in [0.3, 0.4) is 0 Å². The van der Waals surface area contributed by atoms with Gasteiger partial charge in [-0.05, 0) is 13.0 Å². The van der Waals surface area contributed by atoms with Crippen LogP contribution >= 0.6 is 0 Å². The Morgan fingerprint density at radius 1 is 1.41 bits per heavy atom. The number of hydrogen-bond acceptors (Lipinski definition) is 4. The molecule has 0 radical (unpaired) electrons. The van der Waals surface area contributed by atoms with E-state index < -0.39 is 23.8 Å². The van der Waals surface area contributed by atoms with Crippen molar-refractivity contribution < 1.29 is 19.5 Å². The number of carboxylic acid groups (broad SMARTS) is 1. The molecule has 1 aromatic heterocycles. The Kier molecular flexibility index (Phi) is 2.63. The molecule has 0 fully saturated rings. The van der Waals surface area contributed by atoms with Gasteiger partial charge in [-0.15, -0.1) is 0 Å². The molecular formula is C11H10N2O4. The summed E-state index contributed by atoms with van der Waals surface area (Å²) >= 11 is 0. The summed E-state index contributed by atoms with van der Waals surface area (Å²) in [5, 5.41) is 8.67. The minimum Gasteiger partial charge on any atom is -0.481 e. The van der Waals surface area contributed by atoms with Crippen LogP contribution in [0.2, 0.25) is 0 Å². The number of aliphatic carboxylic acids is 1. The summed E-state index contributed by atoms with van der Waals surface area (Å²) in [6, 6.07) is 0.795. The van der Waals surface area contributed by atoms with Crippen LogP contribution in [0.25, 0.3) is 0 Å². The van der Waals surface area contributed by atoms with Crippen molar-refractivity contribution in [2.24, 2.45) is 0 Å². The third kappa shape index (κ3) is 1.77. The van der Waals surface area contributed by atoms with Crippen molar-refractivity contribution in [3.05, 3.63) is 29.6 Å². The first-order valence-electron chi connectivity index (χ1n) is 5.06. The minimum absolute atomic E-state index is 0.231. The number of nitrogens with zero attached hydrogens (tertiary/aromatic N) is 2. The fourth-order valence-corrected chi connectivity index (χ4v) is 1.85. The molecule has 2 amide bonds. The molecule has 1 N–H and O–H groups in total. The average Bonchev–Trinajstić information content (AvgIpc) is 2.51. The molecule has 0 aromatic carbocycles. The maximum Gasteiger partial charge on any atom is 0.305 e. The molecule has 1 aromatic rings. The van der Waals surface area contributed by atoms with Crippen molar-refractivity contribution >= 4 is 17.8 Å². The van der Waals surface area contributed by atoms with Crippen LogP contribution in [0.15, 0.2) is 18.5 Å². The van der Waals surface area contributed by atoms with E-state index in [1.54, 1.807) is 0 Å². The third-order valence-electron chi connectivity index (χ3n) is 2.63. The maximum atomic E-state index is 11.9. The molecule has 1 aliphatic rings. The van der Waals surface area contributed by atoms with Crippen molar-refractivity contribution in [2.75, 3.05) is 0 Å². The second-order valence-electron chi connectivity index (χ2n) is 3.85. The van der Waals surface area contributed by atoms with Crippen LogP contribution in [0.4, 0.5) is 0 Å². The summed E-state index contributed by atoms with van der Waals surface area (Å²) in [6.45, 7) is 1.53. The van der Waals surface area contributed by atoms with Crippen LogP contribution in [0.5, 0.6) is 0 Å². The van der Waals surface area contributed by atoms with Crippen molar-refractivity contribution in [3.8, 4) is 0 Å². The topological polar surface area (TPSA) is 87.6 Å². The molecule has 0 aliphatic carbocycles. The lowest BCUT2D eigenvalue weighted by molar-refractivity contribution is -0.137. The Bertz CT molecular complexity index is 477. The van der Waals surface area contributed by atoms with Gasteiger partial charge in [0, 0.05) is 18.4 Å². The van der Waals surface area contributed by atoms with Gasteiger partial charge >= 0.3 is 5.97 Å². The van der Waals surface area contributed by atoms with Crippen molar-refractivity contribution in [1.82, 2.24) is 9.88 Å². The molecule has 17 heavy (non-hydrogen) atoms. The van der Waals surface area contributed by atoms with Crippen LogP contribution in [0, 0.1) is 0 Å². The van der Waals surface area contributed by atoms with Gasteiger partial charge < -0.3 is 5.11 Å². The van der Waals surface area contributed by atoms with E-state index in [0.717, 1.165) is 4.90 Å². The summed E-state index contributed by atoms with van der Waals surface area (Å²) in [6.07, 6.45) is 2.48. The molecule has 2 heterocycles. The zero-order valence-corrected chi connectivity index (χ0v) is 9.08. The van der Waals surface area contributed by atoms with Crippen LogP contribution in [0.1, 0.15) is 34.1 Å². The van der Waals surface area contributed by atoms with Gasteiger partial charge in [-0.2, -0.15) is 0 Å². The highest BCUT2D eigenvalue weighted by molar-refractivity contribution is 6.21. The quantitative estimate of drug-likeness (QED) is 0.771. The molecule has 0 saturated heterocycles. The zero-order valence-electron chi connectivity index (χ0n) is 9.08. The van der Waals surface area contributed by atoms with Gasteiger partial charge in [0.1, 0.15) is 0 Å². The number of imide groups is 1. The van der Waals surface area contributed by atoms with Crippen molar-refractivity contribution in [3.63, 3.8) is 0 Å². The number of aromatic nitrogens is 1. The van der Waals surface area contributed by atoms with E-state index in [2.05, 4.69) is 4.98 Å². The number of hydrogen-bond donors (Lipinski definition) is 1. The first-order valence-corrected chi connectivity index (χ1v) is 5.06. The van der Waals surface area contributed by atoms with Gasteiger partial charge in [0.05, 0.1) is 17.5 Å². The normalized spacial score (nSPS) is 15.9. The Balaban J connectivity index is 2.33. The van der Waals surface area contributed by atoms with E-state index in [1.165, 1.54) is 25.4 Å². The van der Waals surface area contributed by atoms with Gasteiger partial charge in [-0.3, -0.25) is 24.3 Å². The predicted molar refractivity (Wildman–Crippen MR) is 56.5 cm³/mol. The highest BCUT2D eigenvalue weighted by Gasteiger charge is 2.38. The lowest BCUT2D eigenvalue weighted by Crippen LogP contribution is -2.39. The Hall–Kier alpha value is -2.24. The lowest BCUT2D eigenvalue weighted by Gasteiger charge is -2.20. The highest BCUT2D eigenvalue weighted by Crippen LogP contribution is 2.24. The number of amides is 2. The van der Waals surface area contributed by atoms with Gasteiger partial charge in [-0.1, -0.05) is 0 Å². The summed E-state index contributed by atoms with van der Waals surface area (Å²) < 4.78 is 0. The molecule has 1 atom stereocenters.